The van der Waals surface area contributed by atoms with Crippen molar-refractivity contribution in [1.29, 1.82) is 0 Å². The van der Waals surface area contributed by atoms with Gasteiger partial charge in [-0.25, -0.2) is 0 Å². The molecular formula is C16H18OSi. The Morgan fingerprint density at radius 1 is 1.00 bits per heavy atom. The Morgan fingerprint density at radius 2 is 1.72 bits per heavy atom. The largest absolute Gasteiger partial charge is 0.540 e. The maximum atomic E-state index is 6.22. The van der Waals surface area contributed by atoms with Crippen LogP contribution in [-0.2, 0) is 0 Å². The Bertz CT molecular complexity index is 532. The lowest BCUT2D eigenvalue weighted by Gasteiger charge is -2.24. The van der Waals surface area contributed by atoms with Crippen molar-refractivity contribution in [2.24, 2.45) is 0 Å². The summed E-state index contributed by atoms with van der Waals surface area (Å²) in [5.41, 5.74) is 1.09. The van der Waals surface area contributed by atoms with Crippen LogP contribution in [0.25, 0.3) is 6.08 Å². The zero-order valence-electron chi connectivity index (χ0n) is 10.9. The first-order chi connectivity index (χ1) is 8.62. The molecule has 92 valence electrons. The summed E-state index contributed by atoms with van der Waals surface area (Å²) >= 11 is 0. The molecule has 1 nitrogen and oxygen atoms in total. The van der Waals surface area contributed by atoms with E-state index in [-0.39, 0.29) is 0 Å². The highest BCUT2D eigenvalue weighted by atomic mass is 28.4. The molecule has 0 spiro atoms. The summed E-state index contributed by atoms with van der Waals surface area (Å²) in [5, 5.41) is 1.30. The first kappa shape index (κ1) is 12.6. The summed E-state index contributed by atoms with van der Waals surface area (Å²) in [6, 6.07) is 18.5. The molecule has 2 aromatic rings. The van der Waals surface area contributed by atoms with E-state index in [1.807, 2.05) is 36.4 Å². The molecule has 0 unspecified atom stereocenters. The van der Waals surface area contributed by atoms with Gasteiger partial charge in [-0.15, -0.1) is 0 Å². The van der Waals surface area contributed by atoms with Gasteiger partial charge in [0.15, 0.2) is 0 Å². The van der Waals surface area contributed by atoms with Crippen molar-refractivity contribution in [2.75, 3.05) is 0 Å². The van der Waals surface area contributed by atoms with Crippen LogP contribution >= 0.6 is 0 Å². The maximum Gasteiger partial charge on any atom is 0.276 e. The van der Waals surface area contributed by atoms with E-state index in [4.69, 9.17) is 4.43 Å². The van der Waals surface area contributed by atoms with Gasteiger partial charge in [0, 0.05) is 0 Å². The van der Waals surface area contributed by atoms with Gasteiger partial charge < -0.3 is 4.43 Å². The summed E-state index contributed by atoms with van der Waals surface area (Å²) < 4.78 is 6.22. The average molecular weight is 254 g/mol. The average Bonchev–Trinajstić information content (AvgIpc) is 2.39. The lowest BCUT2D eigenvalue weighted by molar-refractivity contribution is 0.564. The van der Waals surface area contributed by atoms with E-state index in [0.29, 0.717) is 0 Å². The molecule has 0 N–H and O–H groups in total. The van der Waals surface area contributed by atoms with Crippen LogP contribution in [0.3, 0.4) is 0 Å². The van der Waals surface area contributed by atoms with Crippen LogP contribution in [0.2, 0.25) is 13.1 Å². The van der Waals surface area contributed by atoms with Gasteiger partial charge in [-0.2, -0.15) is 0 Å². The topological polar surface area (TPSA) is 9.23 Å². The fourth-order valence-corrected chi connectivity index (χ4v) is 3.73. The summed E-state index contributed by atoms with van der Waals surface area (Å²) in [5.74, 6) is 0.924. The normalized spacial score (nSPS) is 11.0. The molecular weight excluding hydrogens is 236 g/mol. The SMILES string of the molecule is C=Cc1cccc(O[Si](C)(C)c2ccccc2)c1. The van der Waals surface area contributed by atoms with E-state index in [9.17, 15) is 0 Å². The molecule has 0 radical (unpaired) electrons. The first-order valence-corrected chi connectivity index (χ1v) is 9.00. The van der Waals surface area contributed by atoms with Crippen molar-refractivity contribution in [3.05, 3.63) is 66.7 Å². The van der Waals surface area contributed by atoms with Crippen molar-refractivity contribution in [3.8, 4) is 5.75 Å². The Balaban J connectivity index is 2.24. The van der Waals surface area contributed by atoms with Gasteiger partial charge in [0.2, 0.25) is 0 Å². The monoisotopic (exact) mass is 254 g/mol. The van der Waals surface area contributed by atoms with Gasteiger partial charge >= 0.3 is 0 Å². The minimum atomic E-state index is -1.89. The molecule has 0 aliphatic rings. The van der Waals surface area contributed by atoms with Crippen LogP contribution in [0.5, 0.6) is 5.75 Å². The van der Waals surface area contributed by atoms with Gasteiger partial charge in [0.25, 0.3) is 8.32 Å². The number of hydrogen-bond donors (Lipinski definition) is 0. The quantitative estimate of drug-likeness (QED) is 0.754. The summed E-state index contributed by atoms with van der Waals surface area (Å²) in [6.45, 7) is 8.20. The standard InChI is InChI=1S/C16H18OSi/c1-4-14-9-8-10-15(13-14)17-18(2,3)16-11-6-5-7-12-16/h4-13H,1H2,2-3H3. The minimum Gasteiger partial charge on any atom is -0.540 e. The summed E-state index contributed by atoms with van der Waals surface area (Å²) in [7, 11) is -1.89. The smallest absolute Gasteiger partial charge is 0.276 e. The van der Waals surface area contributed by atoms with Gasteiger partial charge in [0.1, 0.15) is 5.75 Å². The molecule has 0 aromatic heterocycles. The highest BCUT2D eigenvalue weighted by Gasteiger charge is 2.26. The molecule has 0 atom stereocenters. The van der Waals surface area contributed by atoms with Crippen LogP contribution in [0.4, 0.5) is 0 Å². The van der Waals surface area contributed by atoms with E-state index >= 15 is 0 Å². The molecule has 0 saturated heterocycles. The van der Waals surface area contributed by atoms with E-state index in [1.165, 1.54) is 5.19 Å². The fraction of sp³-hybridized carbons (Fsp3) is 0.125. The third-order valence-electron chi connectivity index (χ3n) is 2.94. The van der Waals surface area contributed by atoms with E-state index in [0.717, 1.165) is 11.3 Å². The van der Waals surface area contributed by atoms with Crippen molar-refractivity contribution >= 4 is 19.6 Å². The molecule has 2 aromatic carbocycles. The highest BCUT2D eigenvalue weighted by Crippen LogP contribution is 2.18. The Hall–Kier alpha value is -1.80. The first-order valence-electron chi connectivity index (χ1n) is 6.09. The summed E-state index contributed by atoms with van der Waals surface area (Å²) in [4.78, 5) is 0. The Labute approximate surface area is 110 Å². The molecule has 0 fully saturated rings. The predicted octanol–water partition coefficient (Wildman–Crippen LogP) is 3.82. The number of benzene rings is 2. The Kier molecular flexibility index (Phi) is 3.68. The van der Waals surface area contributed by atoms with Gasteiger partial charge in [-0.05, 0) is 36.0 Å². The van der Waals surface area contributed by atoms with E-state index in [1.54, 1.807) is 0 Å². The molecule has 0 saturated carbocycles. The van der Waals surface area contributed by atoms with Gasteiger partial charge in [-0.3, -0.25) is 0 Å². The zero-order chi connectivity index (χ0) is 13.0. The second-order valence-electron chi connectivity index (χ2n) is 4.76. The van der Waals surface area contributed by atoms with Crippen LogP contribution < -0.4 is 9.61 Å². The highest BCUT2D eigenvalue weighted by molar-refractivity contribution is 6.84. The Morgan fingerprint density at radius 3 is 2.39 bits per heavy atom. The molecule has 0 heterocycles. The number of rotatable bonds is 4. The molecule has 2 heteroatoms. The van der Waals surface area contributed by atoms with Gasteiger partial charge in [0.05, 0.1) is 0 Å². The van der Waals surface area contributed by atoms with Crippen molar-refractivity contribution in [1.82, 2.24) is 0 Å². The number of hydrogen-bond acceptors (Lipinski definition) is 1. The molecule has 0 aliphatic heterocycles. The molecule has 18 heavy (non-hydrogen) atoms. The van der Waals surface area contributed by atoms with Crippen molar-refractivity contribution in [3.63, 3.8) is 0 Å². The zero-order valence-corrected chi connectivity index (χ0v) is 11.9. The van der Waals surface area contributed by atoms with E-state index < -0.39 is 8.32 Å². The molecule has 2 rings (SSSR count). The van der Waals surface area contributed by atoms with E-state index in [2.05, 4.69) is 43.9 Å². The minimum absolute atomic E-state index is 0.924. The maximum absolute atomic E-state index is 6.22. The van der Waals surface area contributed by atoms with Crippen molar-refractivity contribution < 1.29 is 4.43 Å². The van der Waals surface area contributed by atoms with Crippen LogP contribution in [0, 0.1) is 0 Å². The molecule has 0 bridgehead atoms. The fourth-order valence-electron chi connectivity index (χ4n) is 1.90. The second-order valence-corrected chi connectivity index (χ2v) is 8.56. The second kappa shape index (κ2) is 5.23. The van der Waals surface area contributed by atoms with Gasteiger partial charge in [-0.1, -0.05) is 55.1 Å². The van der Waals surface area contributed by atoms with Crippen LogP contribution in [-0.4, -0.2) is 8.32 Å². The third-order valence-corrected chi connectivity index (χ3v) is 5.41. The van der Waals surface area contributed by atoms with Crippen LogP contribution in [0.15, 0.2) is 61.2 Å². The molecule has 0 amide bonds. The lowest BCUT2D eigenvalue weighted by atomic mass is 10.2. The third kappa shape index (κ3) is 2.90. The van der Waals surface area contributed by atoms with Crippen LogP contribution in [0.1, 0.15) is 5.56 Å². The molecule has 0 aliphatic carbocycles. The predicted molar refractivity (Wildman–Crippen MR) is 80.7 cm³/mol. The lowest BCUT2D eigenvalue weighted by Crippen LogP contribution is -2.47. The van der Waals surface area contributed by atoms with Crippen molar-refractivity contribution in [2.45, 2.75) is 13.1 Å². The summed E-state index contributed by atoms with van der Waals surface area (Å²) in [6.07, 6.45) is 1.84.